The number of hydrogen-bond donors (Lipinski definition) is 2. The number of rotatable bonds is 6. The van der Waals surface area contributed by atoms with Crippen molar-refractivity contribution in [1.29, 1.82) is 0 Å². The van der Waals surface area contributed by atoms with Crippen LogP contribution < -0.4 is 10.0 Å². The zero-order valence-electron chi connectivity index (χ0n) is 19.4. The topological polar surface area (TPSA) is 132 Å². The fourth-order valence-corrected chi connectivity index (χ4v) is 4.66. The molecule has 10 nitrogen and oxygen atoms in total. The largest absolute Gasteiger partial charge is 0.322 e. The van der Waals surface area contributed by atoms with Gasteiger partial charge in [-0.2, -0.15) is 5.10 Å². The molecule has 0 spiro atoms. The number of pyridine rings is 1. The Labute approximate surface area is 207 Å². The van der Waals surface area contributed by atoms with Gasteiger partial charge in [-0.15, -0.1) is 0 Å². The van der Waals surface area contributed by atoms with Gasteiger partial charge in [-0.05, 0) is 49.4 Å². The standard InChI is InChI=1S/C25H21N7O3S/c1-16-21(15-28-32(16)2)23-14-20(19-6-3-4-7-22(19)30-23)24(33)29-17-8-10-18(11-9-17)36(34,35)31-25-26-12-5-13-27-25/h3-15H,1-2H3,(H,29,33)(H,26,27,31). The minimum atomic E-state index is -3.88. The van der Waals surface area contributed by atoms with E-state index in [1.165, 1.54) is 36.7 Å². The van der Waals surface area contributed by atoms with Crippen LogP contribution in [-0.2, 0) is 17.1 Å². The summed E-state index contributed by atoms with van der Waals surface area (Å²) < 4.78 is 29.3. The molecule has 0 saturated carbocycles. The number of nitrogens with one attached hydrogen (secondary N) is 2. The molecular formula is C25H21N7O3S. The molecule has 0 saturated heterocycles. The van der Waals surface area contributed by atoms with E-state index in [1.807, 2.05) is 38.2 Å². The first-order valence-corrected chi connectivity index (χ1v) is 12.4. The lowest BCUT2D eigenvalue weighted by atomic mass is 10.0. The molecule has 3 heterocycles. The zero-order valence-corrected chi connectivity index (χ0v) is 20.2. The van der Waals surface area contributed by atoms with Crippen LogP contribution in [0, 0.1) is 6.92 Å². The normalized spacial score (nSPS) is 11.4. The van der Waals surface area contributed by atoms with Crippen molar-refractivity contribution in [2.75, 3.05) is 10.0 Å². The Morgan fingerprint density at radius 2 is 1.69 bits per heavy atom. The number of para-hydroxylation sites is 1. The molecule has 36 heavy (non-hydrogen) atoms. The number of benzene rings is 2. The van der Waals surface area contributed by atoms with E-state index in [0.29, 0.717) is 27.8 Å². The van der Waals surface area contributed by atoms with Crippen LogP contribution in [0.25, 0.3) is 22.2 Å². The lowest BCUT2D eigenvalue weighted by Crippen LogP contribution is -2.15. The molecule has 1 amide bonds. The molecule has 0 unspecified atom stereocenters. The number of aryl methyl sites for hydroxylation is 1. The van der Waals surface area contributed by atoms with Gasteiger partial charge in [0, 0.05) is 41.8 Å². The lowest BCUT2D eigenvalue weighted by molar-refractivity contribution is 0.102. The van der Waals surface area contributed by atoms with Crippen LogP contribution >= 0.6 is 0 Å². The third kappa shape index (κ3) is 4.51. The second kappa shape index (κ2) is 9.19. The zero-order chi connectivity index (χ0) is 25.3. The van der Waals surface area contributed by atoms with Crippen molar-refractivity contribution in [3.05, 3.63) is 90.5 Å². The summed E-state index contributed by atoms with van der Waals surface area (Å²) in [5.41, 5.74) is 3.96. The highest BCUT2D eigenvalue weighted by atomic mass is 32.2. The van der Waals surface area contributed by atoms with Gasteiger partial charge in [-0.3, -0.25) is 9.48 Å². The number of aromatic nitrogens is 5. The van der Waals surface area contributed by atoms with Gasteiger partial charge < -0.3 is 5.32 Å². The number of sulfonamides is 1. The van der Waals surface area contributed by atoms with Gasteiger partial charge in [0.2, 0.25) is 5.95 Å². The quantitative estimate of drug-likeness (QED) is 0.363. The minimum Gasteiger partial charge on any atom is -0.322 e. The van der Waals surface area contributed by atoms with E-state index in [2.05, 4.69) is 25.1 Å². The number of amides is 1. The van der Waals surface area contributed by atoms with E-state index in [-0.39, 0.29) is 16.8 Å². The second-order valence-electron chi connectivity index (χ2n) is 8.00. The first kappa shape index (κ1) is 23.1. The van der Waals surface area contributed by atoms with Crippen LogP contribution in [-0.4, -0.2) is 39.1 Å². The Morgan fingerprint density at radius 1 is 0.972 bits per heavy atom. The van der Waals surface area contributed by atoms with Crippen molar-refractivity contribution in [2.24, 2.45) is 7.05 Å². The third-order valence-corrected chi connectivity index (χ3v) is 7.03. The van der Waals surface area contributed by atoms with E-state index in [9.17, 15) is 13.2 Å². The van der Waals surface area contributed by atoms with Crippen molar-refractivity contribution >= 4 is 38.5 Å². The third-order valence-electron chi connectivity index (χ3n) is 5.69. The maximum Gasteiger partial charge on any atom is 0.264 e. The fourth-order valence-electron chi connectivity index (χ4n) is 3.70. The molecule has 2 N–H and O–H groups in total. The van der Waals surface area contributed by atoms with E-state index in [0.717, 1.165) is 11.3 Å². The minimum absolute atomic E-state index is 0.0108. The average molecular weight is 500 g/mol. The molecule has 0 atom stereocenters. The van der Waals surface area contributed by atoms with Crippen molar-refractivity contribution in [3.8, 4) is 11.3 Å². The summed E-state index contributed by atoms with van der Waals surface area (Å²) >= 11 is 0. The average Bonchev–Trinajstić information content (AvgIpc) is 3.22. The van der Waals surface area contributed by atoms with Crippen molar-refractivity contribution in [3.63, 3.8) is 0 Å². The molecule has 5 rings (SSSR count). The number of carbonyl (C=O) groups is 1. The number of carbonyl (C=O) groups excluding carboxylic acids is 1. The van der Waals surface area contributed by atoms with Crippen molar-refractivity contribution in [2.45, 2.75) is 11.8 Å². The maximum absolute atomic E-state index is 13.3. The predicted molar refractivity (Wildman–Crippen MR) is 136 cm³/mol. The lowest BCUT2D eigenvalue weighted by Gasteiger charge is -2.11. The molecule has 0 fully saturated rings. The second-order valence-corrected chi connectivity index (χ2v) is 9.68. The van der Waals surface area contributed by atoms with Crippen LogP contribution in [0.4, 0.5) is 11.6 Å². The maximum atomic E-state index is 13.3. The summed E-state index contributed by atoms with van der Waals surface area (Å²) in [5.74, 6) is -0.373. The first-order chi connectivity index (χ1) is 17.3. The van der Waals surface area contributed by atoms with Crippen LogP contribution in [0.1, 0.15) is 16.1 Å². The summed E-state index contributed by atoms with van der Waals surface area (Å²) in [4.78, 5) is 25.8. The molecule has 0 aliphatic carbocycles. The molecule has 0 radical (unpaired) electrons. The number of nitrogens with zero attached hydrogens (tertiary/aromatic N) is 5. The Kier molecular flexibility index (Phi) is 5.90. The first-order valence-electron chi connectivity index (χ1n) is 10.9. The molecule has 180 valence electrons. The number of fused-ring (bicyclic) bond motifs is 1. The van der Waals surface area contributed by atoms with Gasteiger partial charge in [0.25, 0.3) is 15.9 Å². The highest BCUT2D eigenvalue weighted by Crippen LogP contribution is 2.27. The summed E-state index contributed by atoms with van der Waals surface area (Å²) in [6.45, 7) is 1.94. The Morgan fingerprint density at radius 3 is 2.39 bits per heavy atom. The van der Waals surface area contributed by atoms with Crippen molar-refractivity contribution < 1.29 is 13.2 Å². The molecular weight excluding hydrogens is 478 g/mol. The molecule has 11 heteroatoms. The SMILES string of the molecule is Cc1c(-c2cc(C(=O)Nc3ccc(S(=O)(=O)Nc4ncccn4)cc3)c3ccccc3n2)cnn1C. The van der Waals surface area contributed by atoms with Gasteiger partial charge in [-0.25, -0.2) is 28.1 Å². The summed E-state index contributed by atoms with van der Waals surface area (Å²) in [6, 6.07) is 16.6. The van der Waals surface area contributed by atoms with Crippen LogP contribution in [0.2, 0.25) is 0 Å². The molecule has 5 aromatic rings. The van der Waals surface area contributed by atoms with Gasteiger partial charge in [0.1, 0.15) is 0 Å². The predicted octanol–water partition coefficient (Wildman–Crippen LogP) is 3.79. The molecule has 0 bridgehead atoms. The number of hydrogen-bond acceptors (Lipinski definition) is 7. The van der Waals surface area contributed by atoms with Crippen LogP contribution in [0.15, 0.2) is 84.1 Å². The smallest absolute Gasteiger partial charge is 0.264 e. The van der Waals surface area contributed by atoms with E-state index >= 15 is 0 Å². The van der Waals surface area contributed by atoms with E-state index in [4.69, 9.17) is 4.98 Å². The fraction of sp³-hybridized carbons (Fsp3) is 0.0800. The Balaban J connectivity index is 1.43. The molecule has 2 aromatic carbocycles. The molecule has 0 aliphatic rings. The van der Waals surface area contributed by atoms with Crippen LogP contribution in [0.3, 0.4) is 0 Å². The van der Waals surface area contributed by atoms with E-state index < -0.39 is 10.0 Å². The monoisotopic (exact) mass is 499 g/mol. The molecule has 0 aliphatic heterocycles. The van der Waals surface area contributed by atoms with Crippen molar-refractivity contribution in [1.82, 2.24) is 24.7 Å². The highest BCUT2D eigenvalue weighted by molar-refractivity contribution is 7.92. The number of anilines is 2. The Hall–Kier alpha value is -4.64. The summed E-state index contributed by atoms with van der Waals surface area (Å²) in [5, 5.41) is 7.83. The van der Waals surface area contributed by atoms with Gasteiger partial charge in [0.15, 0.2) is 0 Å². The summed E-state index contributed by atoms with van der Waals surface area (Å²) in [7, 11) is -2.03. The highest BCUT2D eigenvalue weighted by Gasteiger charge is 2.18. The van der Waals surface area contributed by atoms with Gasteiger partial charge in [-0.1, -0.05) is 18.2 Å². The van der Waals surface area contributed by atoms with Gasteiger partial charge >= 0.3 is 0 Å². The summed E-state index contributed by atoms with van der Waals surface area (Å²) in [6.07, 6.45) is 4.60. The molecule has 3 aromatic heterocycles. The van der Waals surface area contributed by atoms with Gasteiger partial charge in [0.05, 0.1) is 27.9 Å². The van der Waals surface area contributed by atoms with E-state index in [1.54, 1.807) is 23.0 Å². The Bertz CT molecular complexity index is 1680. The van der Waals surface area contributed by atoms with Crippen LogP contribution in [0.5, 0.6) is 0 Å².